The van der Waals surface area contributed by atoms with E-state index >= 15 is 0 Å². The molecule has 25 heavy (non-hydrogen) atoms. The van der Waals surface area contributed by atoms with E-state index in [2.05, 4.69) is 31.3 Å². The van der Waals surface area contributed by atoms with E-state index in [0.29, 0.717) is 24.1 Å². The Hall–Kier alpha value is -2.27. The molecule has 0 amide bonds. The van der Waals surface area contributed by atoms with Gasteiger partial charge in [-0.3, -0.25) is 0 Å². The number of aryl methyl sites for hydroxylation is 2. The Balaban J connectivity index is 2.25. The van der Waals surface area contributed by atoms with Crippen molar-refractivity contribution in [1.82, 2.24) is 5.32 Å². The molecular formula is C20H25NO3S. The van der Waals surface area contributed by atoms with Crippen LogP contribution in [0.3, 0.4) is 0 Å². The number of ether oxygens (including phenoxy) is 3. The number of hydrogen-bond donors (Lipinski definition) is 1. The second-order valence-electron chi connectivity index (χ2n) is 5.55. The van der Waals surface area contributed by atoms with E-state index in [1.165, 1.54) is 5.56 Å². The highest BCUT2D eigenvalue weighted by molar-refractivity contribution is 7.80. The Morgan fingerprint density at radius 2 is 1.80 bits per heavy atom. The van der Waals surface area contributed by atoms with E-state index in [1.807, 2.05) is 31.2 Å². The van der Waals surface area contributed by atoms with E-state index in [1.54, 1.807) is 7.05 Å². The van der Waals surface area contributed by atoms with Gasteiger partial charge in [-0.1, -0.05) is 25.1 Å². The van der Waals surface area contributed by atoms with Gasteiger partial charge >= 0.3 is 0 Å². The van der Waals surface area contributed by atoms with Gasteiger partial charge in [-0.15, -0.1) is 0 Å². The molecule has 4 nitrogen and oxygen atoms in total. The summed E-state index contributed by atoms with van der Waals surface area (Å²) in [6.07, 6.45) is 1.01. The van der Waals surface area contributed by atoms with Crippen LogP contribution < -0.4 is 19.5 Å². The molecule has 134 valence electrons. The van der Waals surface area contributed by atoms with Crippen molar-refractivity contribution >= 4 is 17.4 Å². The second-order valence-corrected chi connectivity index (χ2v) is 5.92. The van der Waals surface area contributed by atoms with Gasteiger partial charge in [-0.2, -0.15) is 0 Å². The number of thiocarbonyl (C=S) groups is 1. The summed E-state index contributed by atoms with van der Waals surface area (Å²) in [5.74, 6) is 2.22. The fraction of sp³-hybridized carbons (Fsp3) is 0.350. The predicted molar refractivity (Wildman–Crippen MR) is 105 cm³/mol. The van der Waals surface area contributed by atoms with Crippen molar-refractivity contribution < 1.29 is 14.2 Å². The molecule has 0 aliphatic heterocycles. The van der Waals surface area contributed by atoms with Crippen LogP contribution in [0.2, 0.25) is 0 Å². The van der Waals surface area contributed by atoms with E-state index < -0.39 is 0 Å². The van der Waals surface area contributed by atoms with Crippen molar-refractivity contribution in [3.05, 3.63) is 53.1 Å². The van der Waals surface area contributed by atoms with Crippen LogP contribution in [0.25, 0.3) is 0 Å². The van der Waals surface area contributed by atoms with E-state index in [9.17, 15) is 0 Å². The summed E-state index contributed by atoms with van der Waals surface area (Å²) in [7, 11) is 1.73. The van der Waals surface area contributed by atoms with Crippen molar-refractivity contribution in [2.24, 2.45) is 0 Å². The summed E-state index contributed by atoms with van der Waals surface area (Å²) in [5.41, 5.74) is 3.24. The molecule has 0 aromatic heterocycles. The molecule has 0 bridgehead atoms. The zero-order valence-corrected chi connectivity index (χ0v) is 16.0. The molecule has 0 saturated carbocycles. The largest absolute Gasteiger partial charge is 0.493 e. The molecule has 2 aromatic rings. The Morgan fingerprint density at radius 3 is 2.44 bits per heavy atom. The zero-order valence-electron chi connectivity index (χ0n) is 15.2. The summed E-state index contributed by atoms with van der Waals surface area (Å²) < 4.78 is 17.5. The molecule has 0 aliphatic rings. The first kappa shape index (κ1) is 19.1. The second kappa shape index (κ2) is 9.28. The third kappa shape index (κ3) is 5.10. The first-order valence-electron chi connectivity index (χ1n) is 8.45. The number of rotatable bonds is 7. The summed E-state index contributed by atoms with van der Waals surface area (Å²) in [6.45, 7) is 7.05. The minimum atomic E-state index is 0.304. The fourth-order valence-corrected chi connectivity index (χ4v) is 2.56. The minimum absolute atomic E-state index is 0.304. The van der Waals surface area contributed by atoms with Crippen molar-refractivity contribution in [3.63, 3.8) is 0 Å². The highest BCUT2D eigenvalue weighted by atomic mass is 32.1. The van der Waals surface area contributed by atoms with Crippen LogP contribution in [0.15, 0.2) is 36.4 Å². The number of nitrogens with one attached hydrogen (secondary N) is 1. The molecule has 0 radical (unpaired) electrons. The van der Waals surface area contributed by atoms with Crippen LogP contribution >= 0.6 is 12.2 Å². The Labute approximate surface area is 155 Å². The third-order valence-electron chi connectivity index (χ3n) is 3.82. The molecule has 0 atom stereocenters. The van der Waals surface area contributed by atoms with Gasteiger partial charge < -0.3 is 19.5 Å². The van der Waals surface area contributed by atoms with Crippen LogP contribution in [0.5, 0.6) is 17.2 Å². The molecule has 0 fully saturated rings. The zero-order chi connectivity index (χ0) is 18.2. The number of hydrogen-bond acceptors (Lipinski definition) is 4. The lowest BCUT2D eigenvalue weighted by atomic mass is 10.1. The van der Waals surface area contributed by atoms with Crippen LogP contribution in [-0.4, -0.2) is 18.8 Å². The standard InChI is InChI=1S/C20H25NO3S/c1-5-15-10-11-17(14(3)12-15)23-13-16-18(22-6-2)8-7-9-19(16)24-20(25)21-4/h7-12H,5-6,13H2,1-4H3,(H,21,25). The molecule has 0 unspecified atom stereocenters. The van der Waals surface area contributed by atoms with E-state index in [4.69, 9.17) is 26.4 Å². The molecule has 5 heteroatoms. The van der Waals surface area contributed by atoms with Crippen LogP contribution in [0.4, 0.5) is 0 Å². The Morgan fingerprint density at radius 1 is 1.04 bits per heavy atom. The highest BCUT2D eigenvalue weighted by Crippen LogP contribution is 2.31. The van der Waals surface area contributed by atoms with Crippen molar-refractivity contribution in [3.8, 4) is 17.2 Å². The van der Waals surface area contributed by atoms with Gasteiger partial charge in [0.1, 0.15) is 23.9 Å². The normalized spacial score (nSPS) is 10.2. The first-order chi connectivity index (χ1) is 12.1. The maximum Gasteiger partial charge on any atom is 0.261 e. The monoisotopic (exact) mass is 359 g/mol. The van der Waals surface area contributed by atoms with Gasteiger partial charge in [0.25, 0.3) is 5.17 Å². The lowest BCUT2D eigenvalue weighted by molar-refractivity contribution is 0.280. The van der Waals surface area contributed by atoms with Crippen LogP contribution in [-0.2, 0) is 13.0 Å². The van der Waals surface area contributed by atoms with Crippen LogP contribution in [0.1, 0.15) is 30.5 Å². The first-order valence-corrected chi connectivity index (χ1v) is 8.86. The molecule has 0 saturated heterocycles. The van der Waals surface area contributed by atoms with Gasteiger partial charge in [0.05, 0.1) is 12.2 Å². The summed E-state index contributed by atoms with van der Waals surface area (Å²) in [6, 6.07) is 11.9. The minimum Gasteiger partial charge on any atom is -0.493 e. The molecule has 1 N–H and O–H groups in total. The fourth-order valence-electron chi connectivity index (χ4n) is 2.47. The lowest BCUT2D eigenvalue weighted by Crippen LogP contribution is -2.22. The smallest absolute Gasteiger partial charge is 0.261 e. The van der Waals surface area contributed by atoms with Gasteiger partial charge in [0.2, 0.25) is 0 Å². The summed E-state index contributed by atoms with van der Waals surface area (Å²) >= 11 is 5.12. The van der Waals surface area contributed by atoms with E-state index in [-0.39, 0.29) is 0 Å². The van der Waals surface area contributed by atoms with Crippen molar-refractivity contribution in [2.45, 2.75) is 33.8 Å². The van der Waals surface area contributed by atoms with Crippen molar-refractivity contribution in [1.29, 1.82) is 0 Å². The van der Waals surface area contributed by atoms with Gasteiger partial charge in [-0.25, -0.2) is 0 Å². The van der Waals surface area contributed by atoms with E-state index in [0.717, 1.165) is 29.0 Å². The topological polar surface area (TPSA) is 39.7 Å². The summed E-state index contributed by atoms with van der Waals surface area (Å²) in [5, 5.41) is 3.12. The van der Waals surface area contributed by atoms with Crippen LogP contribution in [0, 0.1) is 6.92 Å². The predicted octanol–water partition coefficient (Wildman–Crippen LogP) is 4.42. The van der Waals surface area contributed by atoms with Crippen molar-refractivity contribution in [2.75, 3.05) is 13.7 Å². The molecule has 0 heterocycles. The van der Waals surface area contributed by atoms with Gasteiger partial charge in [0, 0.05) is 7.05 Å². The summed E-state index contributed by atoms with van der Waals surface area (Å²) in [4.78, 5) is 0. The van der Waals surface area contributed by atoms with Gasteiger partial charge in [-0.05, 0) is 61.8 Å². The highest BCUT2D eigenvalue weighted by Gasteiger charge is 2.14. The SMILES string of the molecule is CCOc1cccc(OC(=S)NC)c1COc1ccc(CC)cc1C. The average Bonchev–Trinajstić information content (AvgIpc) is 2.62. The molecule has 0 aliphatic carbocycles. The third-order valence-corrected chi connectivity index (χ3v) is 4.10. The maximum absolute atomic E-state index is 6.04. The molecule has 2 rings (SSSR count). The maximum atomic E-state index is 6.04. The van der Waals surface area contributed by atoms with Gasteiger partial charge in [0.15, 0.2) is 0 Å². The average molecular weight is 359 g/mol. The number of benzene rings is 2. The lowest BCUT2D eigenvalue weighted by Gasteiger charge is -2.17. The Kier molecular flexibility index (Phi) is 7.07. The molecule has 2 aromatic carbocycles. The molecular weight excluding hydrogens is 334 g/mol. The quantitative estimate of drug-likeness (QED) is 0.741. The molecule has 0 spiro atoms. The Bertz CT molecular complexity index is 731.